The number of fused-ring (bicyclic) bond motifs is 6. The number of nitrogens with zero attached hydrogens (tertiary/aromatic N) is 3. The van der Waals surface area contributed by atoms with Gasteiger partial charge in [0.2, 0.25) is 11.7 Å². The highest BCUT2D eigenvalue weighted by Crippen LogP contribution is 2.50. The van der Waals surface area contributed by atoms with E-state index in [0.717, 1.165) is 5.57 Å². The Kier molecular flexibility index (Phi) is 4.26. The van der Waals surface area contributed by atoms with Gasteiger partial charge in [-0.3, -0.25) is 0 Å². The first-order valence-corrected chi connectivity index (χ1v) is 11.0. The minimum Gasteiger partial charge on any atom is -0.195 e. The lowest BCUT2D eigenvalue weighted by atomic mass is 9.81. The summed E-state index contributed by atoms with van der Waals surface area (Å²) in [6.07, 6.45) is 6.55. The third-order valence-electron chi connectivity index (χ3n) is 6.91. The molecule has 0 amide bonds. The number of aromatic nitrogens is 2. The van der Waals surface area contributed by atoms with E-state index in [4.69, 9.17) is 0 Å². The van der Waals surface area contributed by atoms with Crippen molar-refractivity contribution < 1.29 is 9.13 Å². The minimum atomic E-state index is 0.00313. The first-order valence-electron chi connectivity index (χ1n) is 11.0. The Bertz CT molecular complexity index is 1410. The highest BCUT2D eigenvalue weighted by atomic mass is 15.1. The Morgan fingerprint density at radius 1 is 0.781 bits per heavy atom. The third-order valence-corrected chi connectivity index (χ3v) is 6.91. The molecule has 32 heavy (non-hydrogen) atoms. The van der Waals surface area contributed by atoms with E-state index in [9.17, 15) is 5.26 Å². The monoisotopic (exact) mass is 413 g/mol. The van der Waals surface area contributed by atoms with Gasteiger partial charge in [-0.2, -0.15) is 14.4 Å². The van der Waals surface area contributed by atoms with Crippen molar-refractivity contribution in [1.82, 2.24) is 0 Å². The largest absolute Gasteiger partial charge is 0.213 e. The Morgan fingerprint density at radius 2 is 1.56 bits per heavy atom. The van der Waals surface area contributed by atoms with Crippen molar-refractivity contribution in [1.29, 1.82) is 5.26 Å². The van der Waals surface area contributed by atoms with Gasteiger partial charge in [0.1, 0.15) is 17.6 Å². The summed E-state index contributed by atoms with van der Waals surface area (Å²) >= 11 is 0. The molecule has 0 N–H and O–H groups in total. The minimum absolute atomic E-state index is 0.00313. The topological polar surface area (TPSA) is 31.5 Å². The van der Waals surface area contributed by atoms with Crippen LogP contribution < -0.4 is 9.13 Å². The SMILES string of the molecule is Cc1ccc(-c2ccccc2)c[n+]1C1C=C(C#N)C2C1c1ccccc1-c1cccc[n+]12. The van der Waals surface area contributed by atoms with Crippen LogP contribution in [0.1, 0.15) is 29.3 Å². The van der Waals surface area contributed by atoms with E-state index in [-0.39, 0.29) is 18.0 Å². The van der Waals surface area contributed by atoms with Gasteiger partial charge in [-0.1, -0.05) is 48.5 Å². The van der Waals surface area contributed by atoms with Gasteiger partial charge in [0, 0.05) is 36.8 Å². The molecular formula is C29H23N3+2. The zero-order valence-electron chi connectivity index (χ0n) is 17.9. The molecule has 3 atom stereocenters. The molecule has 0 radical (unpaired) electrons. The van der Waals surface area contributed by atoms with Crippen molar-refractivity contribution in [2.24, 2.45) is 0 Å². The maximum Gasteiger partial charge on any atom is 0.213 e. The van der Waals surface area contributed by atoms with Crippen LogP contribution >= 0.6 is 0 Å². The second-order valence-corrected chi connectivity index (χ2v) is 8.61. The van der Waals surface area contributed by atoms with Gasteiger partial charge in [0.15, 0.2) is 24.1 Å². The van der Waals surface area contributed by atoms with Crippen LogP contribution in [-0.2, 0) is 0 Å². The predicted octanol–water partition coefficient (Wildman–Crippen LogP) is 5.25. The molecule has 3 nitrogen and oxygen atoms in total. The quantitative estimate of drug-likeness (QED) is 0.413. The maximum absolute atomic E-state index is 10.1. The van der Waals surface area contributed by atoms with E-state index >= 15 is 0 Å². The number of hydrogen-bond acceptors (Lipinski definition) is 1. The van der Waals surface area contributed by atoms with Crippen LogP contribution in [-0.4, -0.2) is 0 Å². The van der Waals surface area contributed by atoms with Gasteiger partial charge in [-0.05, 0) is 29.3 Å². The highest BCUT2D eigenvalue weighted by molar-refractivity contribution is 5.65. The summed E-state index contributed by atoms with van der Waals surface area (Å²) in [4.78, 5) is 0. The van der Waals surface area contributed by atoms with Crippen LogP contribution in [0.3, 0.4) is 0 Å². The van der Waals surface area contributed by atoms with Gasteiger partial charge in [-0.25, -0.2) is 0 Å². The zero-order valence-corrected chi connectivity index (χ0v) is 17.9. The molecule has 0 spiro atoms. The highest BCUT2D eigenvalue weighted by Gasteiger charge is 2.53. The number of allylic oxidation sites excluding steroid dienone is 2. The predicted molar refractivity (Wildman–Crippen MR) is 123 cm³/mol. The summed E-state index contributed by atoms with van der Waals surface area (Å²) < 4.78 is 4.65. The molecule has 3 unspecified atom stereocenters. The zero-order chi connectivity index (χ0) is 21.7. The molecule has 0 saturated heterocycles. The first kappa shape index (κ1) is 18.7. The van der Waals surface area contributed by atoms with E-state index in [1.807, 2.05) is 6.07 Å². The van der Waals surface area contributed by atoms with Crippen LogP contribution in [0.2, 0.25) is 0 Å². The maximum atomic E-state index is 10.1. The molecule has 2 aromatic carbocycles. The molecule has 2 aliphatic rings. The second kappa shape index (κ2) is 7.28. The normalized spacial score (nSPS) is 20.5. The van der Waals surface area contributed by atoms with Gasteiger partial charge in [-0.15, -0.1) is 0 Å². The van der Waals surface area contributed by atoms with E-state index in [0.29, 0.717) is 0 Å². The summed E-state index contributed by atoms with van der Waals surface area (Å²) in [6.45, 7) is 2.15. The van der Waals surface area contributed by atoms with Crippen LogP contribution in [0.5, 0.6) is 0 Å². The Labute approximate surface area is 188 Å². The van der Waals surface area contributed by atoms with Crippen LogP contribution in [0.25, 0.3) is 22.4 Å². The van der Waals surface area contributed by atoms with E-state index in [1.165, 1.54) is 33.6 Å². The number of rotatable bonds is 2. The Hall–Kier alpha value is -4.03. The van der Waals surface area contributed by atoms with Crippen molar-refractivity contribution >= 4 is 0 Å². The molecule has 0 fully saturated rings. The van der Waals surface area contributed by atoms with Crippen molar-refractivity contribution in [2.45, 2.75) is 24.9 Å². The molecule has 152 valence electrons. The fraction of sp³-hybridized carbons (Fsp3) is 0.138. The Balaban J connectivity index is 1.56. The molecular weight excluding hydrogens is 390 g/mol. The number of nitriles is 1. The molecule has 3 heteroatoms. The molecule has 1 aliphatic heterocycles. The number of aryl methyl sites for hydroxylation is 1. The molecule has 1 aliphatic carbocycles. The third kappa shape index (κ3) is 2.73. The summed E-state index contributed by atoms with van der Waals surface area (Å²) in [5.41, 5.74) is 8.14. The summed E-state index contributed by atoms with van der Waals surface area (Å²) in [5.74, 6) is 0.162. The van der Waals surface area contributed by atoms with Crippen molar-refractivity contribution in [3.8, 4) is 28.5 Å². The smallest absolute Gasteiger partial charge is 0.195 e. The van der Waals surface area contributed by atoms with Crippen LogP contribution in [0.4, 0.5) is 0 Å². The second-order valence-electron chi connectivity index (χ2n) is 8.61. The van der Waals surface area contributed by atoms with E-state index in [2.05, 4.69) is 119 Å². The summed E-state index contributed by atoms with van der Waals surface area (Å²) in [7, 11) is 0. The summed E-state index contributed by atoms with van der Waals surface area (Å²) in [6, 6.07) is 32.4. The standard InChI is InChI=1S/C29H23N3/c1-20-14-15-22(21-9-3-2-4-10-21)19-32(20)27-17-23(18-30)29-28(27)25-12-6-5-11-24(25)26-13-7-8-16-31(26)29/h2-17,19,27-29H,1H3/q+2. The van der Waals surface area contributed by atoms with Crippen LogP contribution in [0.15, 0.2) is 109 Å². The van der Waals surface area contributed by atoms with Crippen molar-refractivity contribution in [2.75, 3.05) is 0 Å². The molecule has 3 heterocycles. The van der Waals surface area contributed by atoms with Gasteiger partial charge >= 0.3 is 0 Å². The molecule has 0 saturated carbocycles. The van der Waals surface area contributed by atoms with Gasteiger partial charge in [0.05, 0.1) is 5.56 Å². The van der Waals surface area contributed by atoms with Crippen molar-refractivity contribution in [3.05, 3.63) is 120 Å². The lowest BCUT2D eigenvalue weighted by molar-refractivity contribution is -0.744. The van der Waals surface area contributed by atoms with Gasteiger partial charge < -0.3 is 0 Å². The molecule has 0 bridgehead atoms. The Morgan fingerprint density at radius 3 is 2.41 bits per heavy atom. The number of pyridine rings is 2. The van der Waals surface area contributed by atoms with Crippen molar-refractivity contribution in [3.63, 3.8) is 0 Å². The van der Waals surface area contributed by atoms with E-state index < -0.39 is 0 Å². The fourth-order valence-electron chi connectivity index (χ4n) is 5.46. The lowest BCUT2D eigenvalue weighted by Crippen LogP contribution is -2.51. The lowest BCUT2D eigenvalue weighted by Gasteiger charge is -2.27. The van der Waals surface area contributed by atoms with Gasteiger partial charge in [0.25, 0.3) is 0 Å². The number of hydrogen-bond donors (Lipinski definition) is 0. The molecule has 4 aromatic rings. The van der Waals surface area contributed by atoms with Crippen LogP contribution in [0, 0.1) is 18.3 Å². The van der Waals surface area contributed by atoms with E-state index in [1.54, 1.807) is 0 Å². The first-order chi connectivity index (χ1) is 15.8. The molecule has 2 aromatic heterocycles. The molecule has 6 rings (SSSR count). The number of benzene rings is 2. The fourth-order valence-corrected chi connectivity index (χ4v) is 5.46. The average Bonchev–Trinajstić information content (AvgIpc) is 3.25. The average molecular weight is 414 g/mol. The summed E-state index contributed by atoms with van der Waals surface area (Å²) in [5, 5.41) is 10.1.